The Labute approximate surface area is 333 Å². The van der Waals surface area contributed by atoms with E-state index in [9.17, 15) is 27.6 Å². The van der Waals surface area contributed by atoms with Crippen LogP contribution in [-0.2, 0) is 43.0 Å². The predicted octanol–water partition coefficient (Wildman–Crippen LogP) is 7.22. The van der Waals surface area contributed by atoms with Crippen LogP contribution in [0.5, 0.6) is 0 Å². The number of halogens is 3. The summed E-state index contributed by atoms with van der Waals surface area (Å²) in [5, 5.41) is 4.40. The molecule has 13 nitrogen and oxygen atoms in total. The van der Waals surface area contributed by atoms with Crippen LogP contribution in [0.4, 0.5) is 22.8 Å². The Kier molecular flexibility index (Phi) is 24.1. The van der Waals surface area contributed by atoms with Crippen molar-refractivity contribution >= 4 is 35.0 Å². The van der Waals surface area contributed by atoms with E-state index in [1.807, 2.05) is 33.9 Å². The second-order valence-electron chi connectivity index (χ2n) is 15.3. The van der Waals surface area contributed by atoms with Gasteiger partial charge >= 0.3 is 24.3 Å². The molecule has 0 rings (SSSR count). The Bertz CT molecular complexity index is 1340. The zero-order valence-electron chi connectivity index (χ0n) is 35.0. The SMILES string of the molecule is C=C=COOCCNC(=O)OCCOC#CC(OC(C)(C)C(C)(CCC(F)(F)F)C(C)(C)[Si](C)(C)CCCOCCOC(=O)NCCOC(=O)C(=C)C)[SiH](C)C. The van der Waals surface area contributed by atoms with Crippen molar-refractivity contribution in [2.45, 2.75) is 116 Å². The summed E-state index contributed by atoms with van der Waals surface area (Å²) in [6.07, 6.45) is -2.35. The number of carbonyl (C=O) groups excluding carboxylic acids is 3. The van der Waals surface area contributed by atoms with E-state index in [1.165, 1.54) is 6.92 Å². The largest absolute Gasteiger partial charge is 0.460 e. The number of carbonyl (C=O) groups is 3. The van der Waals surface area contributed by atoms with Crippen molar-refractivity contribution in [1.82, 2.24) is 10.6 Å². The van der Waals surface area contributed by atoms with Gasteiger partial charge in [0, 0.05) is 25.1 Å². The molecule has 322 valence electrons. The number of hydrogen-bond acceptors (Lipinski definition) is 11. The molecule has 0 aromatic rings. The molecule has 0 aromatic carbocycles. The fourth-order valence-electron chi connectivity index (χ4n) is 5.67. The minimum atomic E-state index is -4.35. The van der Waals surface area contributed by atoms with Gasteiger partial charge in [0.25, 0.3) is 0 Å². The topological polar surface area (TPSA) is 149 Å². The highest BCUT2D eigenvalue weighted by atomic mass is 28.3. The highest BCUT2D eigenvalue weighted by Crippen LogP contribution is 2.62. The number of esters is 1. The van der Waals surface area contributed by atoms with Crippen LogP contribution in [0.2, 0.25) is 37.3 Å². The average Bonchev–Trinajstić information content (AvgIpc) is 3.10. The summed E-state index contributed by atoms with van der Waals surface area (Å²) in [6.45, 7) is 27.3. The molecule has 2 amide bonds. The molecule has 0 spiro atoms. The van der Waals surface area contributed by atoms with Crippen molar-refractivity contribution < 1.29 is 65.8 Å². The van der Waals surface area contributed by atoms with Crippen molar-refractivity contribution in [2.24, 2.45) is 5.41 Å². The van der Waals surface area contributed by atoms with Crippen molar-refractivity contribution in [1.29, 1.82) is 0 Å². The summed E-state index contributed by atoms with van der Waals surface area (Å²) in [7, 11) is -3.96. The van der Waals surface area contributed by atoms with Gasteiger partial charge < -0.3 is 43.9 Å². The summed E-state index contributed by atoms with van der Waals surface area (Å²) in [4.78, 5) is 44.4. The Balaban J connectivity index is 5.35. The lowest BCUT2D eigenvalue weighted by Crippen LogP contribution is -2.59. The summed E-state index contributed by atoms with van der Waals surface area (Å²) >= 11 is 0. The van der Waals surface area contributed by atoms with Crippen molar-refractivity contribution in [3.05, 3.63) is 30.7 Å². The summed E-state index contributed by atoms with van der Waals surface area (Å²) in [5.41, 5.74) is 0.134. The lowest BCUT2D eigenvalue weighted by molar-refractivity contribution is -0.246. The third-order valence-corrected chi connectivity index (χ3v) is 17.2. The molecule has 0 aliphatic carbocycles. The molecule has 18 heteroatoms. The van der Waals surface area contributed by atoms with Gasteiger partial charge in [0.1, 0.15) is 44.9 Å². The van der Waals surface area contributed by atoms with E-state index in [1.54, 1.807) is 0 Å². The molecule has 0 saturated carbocycles. The van der Waals surface area contributed by atoms with E-state index in [4.69, 9.17) is 33.3 Å². The molecule has 2 N–H and O–H groups in total. The van der Waals surface area contributed by atoms with Gasteiger partial charge in [0.2, 0.25) is 0 Å². The number of rotatable bonds is 27. The highest BCUT2D eigenvalue weighted by Gasteiger charge is 2.59. The molecule has 0 bridgehead atoms. The summed E-state index contributed by atoms with van der Waals surface area (Å²) < 4.78 is 74.3. The van der Waals surface area contributed by atoms with E-state index < -0.39 is 69.4 Å². The molecule has 0 aliphatic heterocycles. The van der Waals surface area contributed by atoms with Crippen LogP contribution in [0.3, 0.4) is 0 Å². The average molecular weight is 839 g/mol. The Morgan fingerprint density at radius 3 is 2.00 bits per heavy atom. The second-order valence-corrected chi connectivity index (χ2v) is 24.0. The number of ether oxygens (including phenoxy) is 6. The number of nitrogens with one attached hydrogen (secondary N) is 2. The van der Waals surface area contributed by atoms with Crippen molar-refractivity contribution in [3.8, 4) is 12.0 Å². The van der Waals surface area contributed by atoms with Crippen LogP contribution in [-0.4, -0.2) is 112 Å². The predicted molar refractivity (Wildman–Crippen MR) is 212 cm³/mol. The molecule has 0 radical (unpaired) electrons. The van der Waals surface area contributed by atoms with Crippen LogP contribution < -0.4 is 10.6 Å². The lowest BCUT2D eigenvalue weighted by Gasteiger charge is -2.60. The monoisotopic (exact) mass is 838 g/mol. The van der Waals surface area contributed by atoms with Crippen molar-refractivity contribution in [2.75, 3.05) is 59.3 Å². The van der Waals surface area contributed by atoms with Crippen LogP contribution >= 0.6 is 0 Å². The maximum Gasteiger partial charge on any atom is 0.407 e. The molecule has 0 fully saturated rings. The third-order valence-electron chi connectivity index (χ3n) is 10.2. The molecular weight excluding hydrogens is 774 g/mol. The second kappa shape index (κ2) is 25.7. The summed E-state index contributed by atoms with van der Waals surface area (Å²) in [5.74, 6) is 2.48. The lowest BCUT2D eigenvalue weighted by atomic mass is 9.64. The van der Waals surface area contributed by atoms with Gasteiger partial charge in [-0.25, -0.2) is 14.4 Å². The number of alkyl carbamates (subject to hydrolysis) is 2. The molecule has 0 saturated heterocycles. The molecule has 56 heavy (non-hydrogen) atoms. The van der Waals surface area contributed by atoms with Crippen LogP contribution in [0.15, 0.2) is 30.7 Å². The van der Waals surface area contributed by atoms with E-state index in [-0.39, 0.29) is 64.7 Å². The first-order chi connectivity index (χ1) is 25.9. The number of hydrogen-bond donors (Lipinski definition) is 2. The Hall–Kier alpha value is -3.47. The molecular formula is C38H65F3N2O11Si2. The Morgan fingerprint density at radius 1 is 0.857 bits per heavy atom. The molecule has 2 atom stereocenters. The Morgan fingerprint density at radius 2 is 1.45 bits per heavy atom. The maximum absolute atomic E-state index is 13.8. The van der Waals surface area contributed by atoms with Crippen LogP contribution in [0.25, 0.3) is 0 Å². The minimum absolute atomic E-state index is 0.00150. The fraction of sp³-hybridized carbons (Fsp3) is 0.737. The quantitative estimate of drug-likeness (QED) is 0.00826. The van der Waals surface area contributed by atoms with Gasteiger partial charge in [0.05, 0.1) is 35.6 Å². The normalized spacial score (nSPS) is 13.5. The fourth-order valence-corrected chi connectivity index (χ4v) is 10.3. The van der Waals surface area contributed by atoms with Gasteiger partial charge in [-0.1, -0.05) is 71.9 Å². The summed E-state index contributed by atoms with van der Waals surface area (Å²) in [6, 6.07) is 0.771. The van der Waals surface area contributed by atoms with E-state index in [0.29, 0.717) is 13.0 Å². The van der Waals surface area contributed by atoms with E-state index in [0.717, 1.165) is 12.3 Å². The van der Waals surface area contributed by atoms with Gasteiger partial charge in [-0.05, 0) is 50.0 Å². The first-order valence-corrected chi connectivity index (χ1v) is 24.8. The van der Waals surface area contributed by atoms with Crippen LogP contribution in [0.1, 0.15) is 60.8 Å². The standard InChI is InChI=1S/C38H65F3N2O11Si2/c1-13-20-52-53-24-19-43-34(46)51-28-26-48-22-15-31(55(9)10)54-35(4,5)37(8,16-17-38(39,40)41)36(6,7)56(11,12)29-14-21-47-25-27-50-33(45)42-18-23-49-32(44)30(2)3/h20,31,55H,1-2,14,16-19,21,23-29H2,3-12H3,(H,42,45)(H,43,46). The zero-order valence-corrected chi connectivity index (χ0v) is 37.1. The smallest absolute Gasteiger partial charge is 0.407 e. The van der Waals surface area contributed by atoms with Crippen molar-refractivity contribution in [3.63, 3.8) is 0 Å². The van der Waals surface area contributed by atoms with Gasteiger partial charge in [0.15, 0.2) is 6.26 Å². The zero-order chi connectivity index (χ0) is 43.1. The maximum atomic E-state index is 13.8. The van der Waals surface area contributed by atoms with E-state index in [2.05, 4.69) is 73.4 Å². The molecule has 0 aliphatic rings. The molecule has 0 heterocycles. The van der Waals surface area contributed by atoms with Gasteiger partial charge in [-0.2, -0.15) is 18.1 Å². The highest BCUT2D eigenvalue weighted by molar-refractivity contribution is 6.80. The number of amides is 2. The molecule has 2 unspecified atom stereocenters. The van der Waals surface area contributed by atoms with E-state index >= 15 is 0 Å². The third kappa shape index (κ3) is 20.1. The first kappa shape index (κ1) is 52.5. The first-order valence-electron chi connectivity index (χ1n) is 18.6. The minimum Gasteiger partial charge on any atom is -0.460 e. The molecule has 0 aromatic heterocycles. The van der Waals surface area contributed by atoms with Gasteiger partial charge in [-0.15, -0.1) is 0 Å². The van der Waals surface area contributed by atoms with Crippen LogP contribution in [0, 0.1) is 17.4 Å². The van der Waals surface area contributed by atoms with Gasteiger partial charge in [-0.3, -0.25) is 0 Å². The number of alkyl halides is 3.